The lowest BCUT2D eigenvalue weighted by Crippen LogP contribution is -2.51. The van der Waals surface area contributed by atoms with E-state index in [0.717, 1.165) is 11.2 Å². The molecule has 1 saturated carbocycles. The molecule has 1 aliphatic rings. The molecule has 0 aromatic carbocycles. The van der Waals surface area contributed by atoms with Gasteiger partial charge in [-0.3, -0.25) is 4.79 Å². The van der Waals surface area contributed by atoms with E-state index in [4.69, 9.17) is 5.11 Å². The fourth-order valence-corrected chi connectivity index (χ4v) is 2.61. The second-order valence-electron chi connectivity index (χ2n) is 5.41. The van der Waals surface area contributed by atoms with Gasteiger partial charge in [-0.1, -0.05) is 0 Å². The number of aryl methyl sites for hydroxylation is 1. The molecule has 3 N–H and O–H groups in total. The molecular weight excluding hydrogens is 260 g/mol. The Hall–Kier alpha value is -2.15. The van der Waals surface area contributed by atoms with Gasteiger partial charge in [-0.05, 0) is 25.8 Å². The molecule has 0 atom stereocenters. The Bertz CT molecular complexity index is 661. The summed E-state index contributed by atoms with van der Waals surface area (Å²) >= 11 is 0. The van der Waals surface area contributed by atoms with Gasteiger partial charge in [-0.15, -0.1) is 0 Å². The minimum Gasteiger partial charge on any atom is -0.481 e. The molecule has 106 valence electrons. The van der Waals surface area contributed by atoms with Crippen LogP contribution < -0.4 is 5.32 Å². The van der Waals surface area contributed by atoms with Crippen molar-refractivity contribution < 1.29 is 15.0 Å². The molecule has 7 heteroatoms. The zero-order valence-corrected chi connectivity index (χ0v) is 11.1. The predicted molar refractivity (Wildman–Crippen MR) is 71.5 cm³/mol. The third-order valence-corrected chi connectivity index (χ3v) is 3.70. The number of nitrogens with one attached hydrogen (secondary N) is 1. The van der Waals surface area contributed by atoms with Crippen LogP contribution in [0.3, 0.4) is 0 Å². The third kappa shape index (κ3) is 2.20. The fourth-order valence-electron chi connectivity index (χ4n) is 2.61. The predicted octanol–water partition coefficient (Wildman–Crippen LogP) is 0.675. The number of hydrogen-bond donors (Lipinski definition) is 3. The van der Waals surface area contributed by atoms with Crippen LogP contribution >= 0.6 is 0 Å². The van der Waals surface area contributed by atoms with Crippen molar-refractivity contribution in [3.8, 4) is 0 Å². The van der Waals surface area contributed by atoms with E-state index in [2.05, 4.69) is 15.4 Å². The topological polar surface area (TPSA) is 99.8 Å². The molecule has 0 unspecified atom stereocenters. The standard InChI is InChI=1S/C13H16N4O3/c1-8-4-10-11(14-2-3-17(10)16-8)15-7-13(20)5-9(6-13)12(18)19/h2-4,9,20H,5-7H2,1H3,(H,14,15)(H,18,19). The van der Waals surface area contributed by atoms with E-state index in [1.807, 2.05) is 13.0 Å². The molecule has 0 bridgehead atoms. The zero-order valence-electron chi connectivity index (χ0n) is 11.1. The van der Waals surface area contributed by atoms with Crippen LogP contribution in [0.5, 0.6) is 0 Å². The summed E-state index contributed by atoms with van der Waals surface area (Å²) in [6.45, 7) is 2.18. The van der Waals surface area contributed by atoms with Gasteiger partial charge in [-0.2, -0.15) is 5.10 Å². The second kappa shape index (κ2) is 4.45. The normalized spacial score (nSPS) is 25.4. The summed E-state index contributed by atoms with van der Waals surface area (Å²) in [5.74, 6) is -0.649. The lowest BCUT2D eigenvalue weighted by atomic mass is 9.71. The Morgan fingerprint density at radius 2 is 2.35 bits per heavy atom. The number of carbonyl (C=O) groups is 1. The number of anilines is 1. The summed E-state index contributed by atoms with van der Waals surface area (Å²) in [4.78, 5) is 15.0. The van der Waals surface area contributed by atoms with Crippen LogP contribution in [0.25, 0.3) is 5.52 Å². The molecule has 20 heavy (non-hydrogen) atoms. The minimum atomic E-state index is -0.966. The summed E-state index contributed by atoms with van der Waals surface area (Å²) in [6, 6.07) is 1.90. The summed E-state index contributed by atoms with van der Waals surface area (Å²) in [5.41, 5.74) is 0.754. The third-order valence-electron chi connectivity index (χ3n) is 3.70. The smallest absolute Gasteiger partial charge is 0.306 e. The Kier molecular flexibility index (Phi) is 2.86. The van der Waals surface area contributed by atoms with Crippen molar-refractivity contribution in [2.45, 2.75) is 25.4 Å². The first-order chi connectivity index (χ1) is 9.47. The van der Waals surface area contributed by atoms with Crippen LogP contribution in [0.15, 0.2) is 18.5 Å². The average Bonchev–Trinajstić information content (AvgIpc) is 2.73. The van der Waals surface area contributed by atoms with Crippen molar-refractivity contribution in [2.24, 2.45) is 5.92 Å². The Morgan fingerprint density at radius 3 is 3.05 bits per heavy atom. The zero-order chi connectivity index (χ0) is 14.3. The maximum Gasteiger partial charge on any atom is 0.306 e. The lowest BCUT2D eigenvalue weighted by Gasteiger charge is -2.41. The molecule has 2 aromatic heterocycles. The van der Waals surface area contributed by atoms with Crippen molar-refractivity contribution >= 4 is 17.3 Å². The molecule has 3 rings (SSSR count). The number of fused-ring (bicyclic) bond motifs is 1. The minimum absolute atomic E-state index is 0.275. The monoisotopic (exact) mass is 276 g/mol. The van der Waals surface area contributed by atoms with Gasteiger partial charge in [0.05, 0.1) is 17.2 Å². The number of hydrogen-bond acceptors (Lipinski definition) is 5. The fraction of sp³-hybridized carbons (Fsp3) is 0.462. The molecule has 0 aliphatic heterocycles. The van der Waals surface area contributed by atoms with Gasteiger partial charge in [-0.25, -0.2) is 9.50 Å². The van der Waals surface area contributed by atoms with E-state index in [0.29, 0.717) is 5.82 Å². The van der Waals surface area contributed by atoms with Gasteiger partial charge in [0.25, 0.3) is 0 Å². The highest BCUT2D eigenvalue weighted by Gasteiger charge is 2.46. The van der Waals surface area contributed by atoms with Gasteiger partial charge in [0.1, 0.15) is 5.52 Å². The molecule has 0 amide bonds. The maximum atomic E-state index is 10.8. The van der Waals surface area contributed by atoms with E-state index in [9.17, 15) is 9.90 Å². The number of carboxylic acids is 1. The molecule has 2 heterocycles. The molecular formula is C13H16N4O3. The van der Waals surface area contributed by atoms with Crippen molar-refractivity contribution in [1.29, 1.82) is 0 Å². The summed E-state index contributed by atoms with van der Waals surface area (Å²) in [5, 5.41) is 26.4. The van der Waals surface area contributed by atoms with E-state index in [1.54, 1.807) is 16.9 Å². The van der Waals surface area contributed by atoms with Gasteiger partial charge in [0, 0.05) is 18.9 Å². The van der Waals surface area contributed by atoms with Crippen molar-refractivity contribution in [3.05, 3.63) is 24.2 Å². The number of aromatic nitrogens is 3. The molecule has 1 fully saturated rings. The Balaban J connectivity index is 1.70. The summed E-state index contributed by atoms with van der Waals surface area (Å²) in [7, 11) is 0. The largest absolute Gasteiger partial charge is 0.481 e. The highest BCUT2D eigenvalue weighted by molar-refractivity contribution is 5.72. The van der Waals surface area contributed by atoms with Gasteiger partial charge >= 0.3 is 5.97 Å². The van der Waals surface area contributed by atoms with E-state index < -0.39 is 17.5 Å². The molecule has 2 aromatic rings. The number of nitrogens with zero attached hydrogens (tertiary/aromatic N) is 3. The van der Waals surface area contributed by atoms with Crippen molar-refractivity contribution in [3.63, 3.8) is 0 Å². The highest BCUT2D eigenvalue weighted by atomic mass is 16.4. The average molecular weight is 276 g/mol. The molecule has 1 aliphatic carbocycles. The number of rotatable bonds is 4. The van der Waals surface area contributed by atoms with Crippen LogP contribution in [-0.4, -0.2) is 42.9 Å². The van der Waals surface area contributed by atoms with E-state index in [-0.39, 0.29) is 19.4 Å². The van der Waals surface area contributed by atoms with Gasteiger partial charge < -0.3 is 15.5 Å². The van der Waals surface area contributed by atoms with Gasteiger partial charge in [0.15, 0.2) is 5.82 Å². The van der Waals surface area contributed by atoms with Crippen LogP contribution in [0, 0.1) is 12.8 Å². The first-order valence-corrected chi connectivity index (χ1v) is 6.47. The maximum absolute atomic E-state index is 10.8. The van der Waals surface area contributed by atoms with Crippen LogP contribution in [-0.2, 0) is 4.79 Å². The first kappa shape index (κ1) is 12.9. The molecule has 0 spiro atoms. The van der Waals surface area contributed by atoms with Crippen LogP contribution in [0.4, 0.5) is 5.82 Å². The first-order valence-electron chi connectivity index (χ1n) is 6.47. The second-order valence-corrected chi connectivity index (χ2v) is 5.41. The summed E-state index contributed by atoms with van der Waals surface area (Å²) in [6.07, 6.45) is 3.94. The lowest BCUT2D eigenvalue weighted by molar-refractivity contribution is -0.156. The summed E-state index contributed by atoms with van der Waals surface area (Å²) < 4.78 is 1.72. The number of carboxylic acid groups (broad SMARTS) is 1. The van der Waals surface area contributed by atoms with E-state index in [1.165, 1.54) is 0 Å². The number of aliphatic carboxylic acids is 1. The van der Waals surface area contributed by atoms with E-state index >= 15 is 0 Å². The molecule has 0 radical (unpaired) electrons. The molecule has 0 saturated heterocycles. The SMILES string of the molecule is Cc1cc2c(NCC3(O)CC(C(=O)O)C3)nccn2n1. The van der Waals surface area contributed by atoms with Gasteiger partial charge in [0.2, 0.25) is 0 Å². The van der Waals surface area contributed by atoms with Crippen LogP contribution in [0.1, 0.15) is 18.5 Å². The van der Waals surface area contributed by atoms with Crippen molar-refractivity contribution in [2.75, 3.05) is 11.9 Å². The van der Waals surface area contributed by atoms with Crippen LogP contribution in [0.2, 0.25) is 0 Å². The molecule has 7 nitrogen and oxygen atoms in total. The Morgan fingerprint density at radius 1 is 1.60 bits per heavy atom. The highest BCUT2D eigenvalue weighted by Crippen LogP contribution is 2.38. The number of aliphatic hydroxyl groups is 1. The van der Waals surface area contributed by atoms with Crippen molar-refractivity contribution in [1.82, 2.24) is 14.6 Å². The Labute approximate surface area is 115 Å². The quantitative estimate of drug-likeness (QED) is 0.759.